The molecule has 0 aromatic heterocycles. The zero-order valence-electron chi connectivity index (χ0n) is 10.8. The smallest absolute Gasteiger partial charge is 0.237 e. The summed E-state index contributed by atoms with van der Waals surface area (Å²) in [4.78, 5) is 13.5. The summed E-state index contributed by atoms with van der Waals surface area (Å²) in [5.74, 6) is -0.466. The number of carbonyl (C=O) groups is 1. The van der Waals surface area contributed by atoms with Crippen LogP contribution < -0.4 is 5.32 Å². The lowest BCUT2D eigenvalue weighted by Crippen LogP contribution is -2.52. The second-order valence-corrected chi connectivity index (χ2v) is 7.25. The number of amides is 1. The molecule has 100 valence electrons. The van der Waals surface area contributed by atoms with Crippen LogP contribution in [0.1, 0.15) is 20.8 Å². The van der Waals surface area contributed by atoms with Crippen molar-refractivity contribution in [3.05, 3.63) is 0 Å². The Labute approximate surface area is 103 Å². The Morgan fingerprint density at radius 2 is 2.12 bits per heavy atom. The Morgan fingerprint density at radius 1 is 1.47 bits per heavy atom. The number of hydrogen-bond donors (Lipinski definition) is 1. The van der Waals surface area contributed by atoms with Crippen molar-refractivity contribution in [1.29, 1.82) is 0 Å². The summed E-state index contributed by atoms with van der Waals surface area (Å²) in [6.45, 7) is 7.60. The Balaban J connectivity index is 2.53. The average Bonchev–Trinajstić information content (AvgIpc) is 2.14. The standard InChI is InChI=1S/C11H22N2O3S/c1-9(2)7-17(15,16)8-11(14)13-5-4-12-10(3)6-13/h9-10,12H,4-8H2,1-3H3. The number of hydrogen-bond acceptors (Lipinski definition) is 4. The molecule has 1 aliphatic rings. The van der Waals surface area contributed by atoms with E-state index in [1.54, 1.807) is 4.90 Å². The molecule has 0 spiro atoms. The zero-order valence-corrected chi connectivity index (χ0v) is 11.6. The zero-order chi connectivity index (χ0) is 13.1. The van der Waals surface area contributed by atoms with Crippen LogP contribution >= 0.6 is 0 Å². The average molecular weight is 262 g/mol. The molecule has 0 radical (unpaired) electrons. The van der Waals surface area contributed by atoms with Gasteiger partial charge < -0.3 is 10.2 Å². The fourth-order valence-corrected chi connectivity index (χ4v) is 3.70. The normalized spacial score (nSPS) is 21.9. The van der Waals surface area contributed by atoms with Gasteiger partial charge in [0.1, 0.15) is 5.75 Å². The van der Waals surface area contributed by atoms with Crippen LogP contribution in [0, 0.1) is 5.92 Å². The molecule has 0 aliphatic carbocycles. The Kier molecular flexibility index (Phi) is 4.94. The Hall–Kier alpha value is -0.620. The molecule has 0 bridgehead atoms. The topological polar surface area (TPSA) is 66.5 Å². The van der Waals surface area contributed by atoms with E-state index >= 15 is 0 Å². The molecular weight excluding hydrogens is 240 g/mol. The van der Waals surface area contributed by atoms with E-state index in [-0.39, 0.29) is 29.4 Å². The molecule has 1 fully saturated rings. The first-order chi connectivity index (χ1) is 7.80. The van der Waals surface area contributed by atoms with E-state index in [9.17, 15) is 13.2 Å². The SMILES string of the molecule is CC(C)CS(=O)(=O)CC(=O)N1CCNC(C)C1. The van der Waals surface area contributed by atoms with Crippen molar-refractivity contribution in [2.75, 3.05) is 31.1 Å². The van der Waals surface area contributed by atoms with Gasteiger partial charge in [-0.2, -0.15) is 0 Å². The van der Waals surface area contributed by atoms with Crippen molar-refractivity contribution in [2.24, 2.45) is 5.92 Å². The summed E-state index contributed by atoms with van der Waals surface area (Å²) in [5.41, 5.74) is 0. The van der Waals surface area contributed by atoms with Crippen molar-refractivity contribution in [2.45, 2.75) is 26.8 Å². The molecule has 5 nitrogen and oxygen atoms in total. The van der Waals surface area contributed by atoms with E-state index < -0.39 is 9.84 Å². The lowest BCUT2D eigenvalue weighted by atomic mass is 10.2. The second kappa shape index (κ2) is 5.82. The molecule has 1 rings (SSSR count). The van der Waals surface area contributed by atoms with Crippen molar-refractivity contribution in [1.82, 2.24) is 10.2 Å². The highest BCUT2D eigenvalue weighted by Crippen LogP contribution is 2.05. The molecule has 1 saturated heterocycles. The lowest BCUT2D eigenvalue weighted by molar-refractivity contribution is -0.129. The van der Waals surface area contributed by atoms with Gasteiger partial charge in [-0.05, 0) is 12.8 Å². The van der Waals surface area contributed by atoms with Crippen LogP contribution in [0.2, 0.25) is 0 Å². The molecule has 0 aromatic rings. The summed E-state index contributed by atoms with van der Waals surface area (Å²) < 4.78 is 23.4. The highest BCUT2D eigenvalue weighted by Gasteiger charge is 2.25. The van der Waals surface area contributed by atoms with Crippen molar-refractivity contribution in [3.8, 4) is 0 Å². The molecule has 6 heteroatoms. The summed E-state index contributed by atoms with van der Waals surface area (Å²) in [6.07, 6.45) is 0. The first kappa shape index (κ1) is 14.4. The highest BCUT2D eigenvalue weighted by molar-refractivity contribution is 7.92. The fraction of sp³-hybridized carbons (Fsp3) is 0.909. The number of nitrogens with zero attached hydrogens (tertiary/aromatic N) is 1. The monoisotopic (exact) mass is 262 g/mol. The van der Waals surface area contributed by atoms with Crippen LogP contribution in [0.3, 0.4) is 0 Å². The minimum atomic E-state index is -3.26. The maximum atomic E-state index is 11.9. The van der Waals surface area contributed by atoms with Gasteiger partial charge in [0.15, 0.2) is 9.84 Å². The number of piperazine rings is 1. The number of nitrogens with one attached hydrogen (secondary N) is 1. The molecule has 1 N–H and O–H groups in total. The van der Waals surface area contributed by atoms with Gasteiger partial charge in [0, 0.05) is 25.7 Å². The van der Waals surface area contributed by atoms with Crippen molar-refractivity contribution in [3.63, 3.8) is 0 Å². The second-order valence-electron chi connectivity index (χ2n) is 5.14. The summed E-state index contributed by atoms with van der Waals surface area (Å²) in [6, 6.07) is 0.237. The van der Waals surface area contributed by atoms with Gasteiger partial charge in [0.2, 0.25) is 5.91 Å². The van der Waals surface area contributed by atoms with Gasteiger partial charge in [0.05, 0.1) is 5.75 Å². The van der Waals surface area contributed by atoms with Gasteiger partial charge in [-0.15, -0.1) is 0 Å². The molecule has 1 heterocycles. The number of sulfone groups is 1. The molecule has 0 saturated carbocycles. The molecule has 1 atom stereocenters. The van der Waals surface area contributed by atoms with E-state index in [1.807, 2.05) is 20.8 Å². The van der Waals surface area contributed by atoms with Gasteiger partial charge in [-0.1, -0.05) is 13.8 Å². The predicted octanol–water partition coefficient (Wildman–Crippen LogP) is -0.122. The van der Waals surface area contributed by atoms with Gasteiger partial charge in [-0.25, -0.2) is 8.42 Å². The van der Waals surface area contributed by atoms with Crippen LogP contribution in [0.4, 0.5) is 0 Å². The van der Waals surface area contributed by atoms with Gasteiger partial charge in [-0.3, -0.25) is 4.79 Å². The molecule has 17 heavy (non-hydrogen) atoms. The first-order valence-electron chi connectivity index (χ1n) is 6.02. The van der Waals surface area contributed by atoms with E-state index in [2.05, 4.69) is 5.32 Å². The Bertz CT molecular complexity index is 365. The minimum absolute atomic E-state index is 0.0646. The van der Waals surface area contributed by atoms with Crippen molar-refractivity contribution >= 4 is 15.7 Å². The number of carbonyl (C=O) groups excluding carboxylic acids is 1. The largest absolute Gasteiger partial charge is 0.339 e. The third-order valence-electron chi connectivity index (χ3n) is 2.65. The maximum Gasteiger partial charge on any atom is 0.237 e. The van der Waals surface area contributed by atoms with E-state index in [0.717, 1.165) is 6.54 Å². The van der Waals surface area contributed by atoms with Crippen LogP contribution in [0.5, 0.6) is 0 Å². The fourth-order valence-electron chi connectivity index (χ4n) is 2.01. The minimum Gasteiger partial charge on any atom is -0.339 e. The summed E-state index contributed by atoms with van der Waals surface area (Å²) in [5, 5.41) is 3.22. The maximum absolute atomic E-state index is 11.9. The highest BCUT2D eigenvalue weighted by atomic mass is 32.2. The van der Waals surface area contributed by atoms with Crippen LogP contribution in [-0.2, 0) is 14.6 Å². The van der Waals surface area contributed by atoms with Gasteiger partial charge >= 0.3 is 0 Å². The Morgan fingerprint density at radius 3 is 2.65 bits per heavy atom. The molecule has 1 aliphatic heterocycles. The van der Waals surface area contributed by atoms with E-state index in [0.29, 0.717) is 13.1 Å². The van der Waals surface area contributed by atoms with Gasteiger partial charge in [0.25, 0.3) is 0 Å². The molecule has 1 amide bonds. The lowest BCUT2D eigenvalue weighted by Gasteiger charge is -2.31. The first-order valence-corrected chi connectivity index (χ1v) is 7.84. The van der Waals surface area contributed by atoms with E-state index in [4.69, 9.17) is 0 Å². The third kappa shape index (κ3) is 5.04. The number of rotatable bonds is 4. The molecular formula is C11H22N2O3S. The molecule has 0 aromatic carbocycles. The van der Waals surface area contributed by atoms with Crippen molar-refractivity contribution < 1.29 is 13.2 Å². The van der Waals surface area contributed by atoms with Crippen LogP contribution in [0.25, 0.3) is 0 Å². The van der Waals surface area contributed by atoms with Crippen LogP contribution in [-0.4, -0.2) is 56.4 Å². The third-order valence-corrected chi connectivity index (χ3v) is 4.51. The summed E-state index contributed by atoms with van der Waals surface area (Å²) in [7, 11) is -3.26. The summed E-state index contributed by atoms with van der Waals surface area (Å²) >= 11 is 0. The predicted molar refractivity (Wildman–Crippen MR) is 67.5 cm³/mol. The molecule has 1 unspecified atom stereocenters. The van der Waals surface area contributed by atoms with E-state index in [1.165, 1.54) is 0 Å². The van der Waals surface area contributed by atoms with Crippen LogP contribution in [0.15, 0.2) is 0 Å². The quantitative estimate of drug-likeness (QED) is 0.767.